The Balaban J connectivity index is 1.73. The van der Waals surface area contributed by atoms with Gasteiger partial charge in [0.15, 0.2) is 18.1 Å². The summed E-state index contributed by atoms with van der Waals surface area (Å²) in [7, 11) is 2.94. The Hall–Kier alpha value is -4.36. The van der Waals surface area contributed by atoms with Gasteiger partial charge in [0.25, 0.3) is 11.8 Å². The lowest BCUT2D eigenvalue weighted by Crippen LogP contribution is -2.21. The summed E-state index contributed by atoms with van der Waals surface area (Å²) in [4.78, 5) is 24.8. The van der Waals surface area contributed by atoms with Gasteiger partial charge in [0.05, 0.1) is 24.4 Å². The SMILES string of the molecule is COc1ccc(NC(=O)/C(C#N)=C\c2cc(Br)c(OCC(=O)Nc3ccccc3F)c(OC)c2)cc1. The number of carbonyl (C=O) groups is 2. The zero-order chi connectivity index (χ0) is 26.1. The number of hydrogen-bond acceptors (Lipinski definition) is 6. The van der Waals surface area contributed by atoms with Crippen LogP contribution in [0.1, 0.15) is 5.56 Å². The molecule has 10 heteroatoms. The molecule has 0 aliphatic carbocycles. The zero-order valence-corrected chi connectivity index (χ0v) is 20.9. The van der Waals surface area contributed by atoms with Crippen LogP contribution in [0.15, 0.2) is 70.7 Å². The summed E-state index contributed by atoms with van der Waals surface area (Å²) >= 11 is 3.36. The van der Waals surface area contributed by atoms with E-state index >= 15 is 0 Å². The van der Waals surface area contributed by atoms with E-state index in [1.807, 2.05) is 6.07 Å². The lowest BCUT2D eigenvalue weighted by molar-refractivity contribution is -0.118. The lowest BCUT2D eigenvalue weighted by atomic mass is 10.1. The first-order valence-electron chi connectivity index (χ1n) is 10.5. The number of amides is 2. The van der Waals surface area contributed by atoms with Crippen LogP contribution in [-0.2, 0) is 9.59 Å². The van der Waals surface area contributed by atoms with E-state index in [2.05, 4.69) is 26.6 Å². The Morgan fingerprint density at radius 3 is 2.42 bits per heavy atom. The fraction of sp³-hybridized carbons (Fsp3) is 0.115. The van der Waals surface area contributed by atoms with Crippen molar-refractivity contribution in [3.63, 3.8) is 0 Å². The highest BCUT2D eigenvalue weighted by Gasteiger charge is 2.16. The van der Waals surface area contributed by atoms with E-state index in [0.717, 1.165) is 0 Å². The minimum Gasteiger partial charge on any atom is -0.497 e. The molecule has 36 heavy (non-hydrogen) atoms. The predicted octanol–water partition coefficient (Wildman–Crippen LogP) is 5.17. The summed E-state index contributed by atoms with van der Waals surface area (Å²) in [6.45, 7) is -0.411. The maximum absolute atomic E-state index is 13.7. The molecule has 2 N–H and O–H groups in total. The molecule has 0 aliphatic heterocycles. The summed E-state index contributed by atoms with van der Waals surface area (Å²) in [5.74, 6) is -0.623. The number of nitriles is 1. The maximum atomic E-state index is 13.7. The number of hydrogen-bond donors (Lipinski definition) is 2. The van der Waals surface area contributed by atoms with Crippen LogP contribution >= 0.6 is 15.9 Å². The van der Waals surface area contributed by atoms with Crippen molar-refractivity contribution < 1.29 is 28.2 Å². The van der Waals surface area contributed by atoms with Gasteiger partial charge in [-0.1, -0.05) is 12.1 Å². The molecule has 0 unspecified atom stereocenters. The lowest BCUT2D eigenvalue weighted by Gasteiger charge is -2.14. The first-order valence-corrected chi connectivity index (χ1v) is 11.3. The van der Waals surface area contributed by atoms with Crippen LogP contribution in [-0.4, -0.2) is 32.6 Å². The molecule has 3 rings (SSSR count). The van der Waals surface area contributed by atoms with Gasteiger partial charge in [0.1, 0.15) is 23.2 Å². The van der Waals surface area contributed by atoms with Crippen LogP contribution in [0.25, 0.3) is 6.08 Å². The van der Waals surface area contributed by atoms with Gasteiger partial charge in [-0.3, -0.25) is 9.59 Å². The van der Waals surface area contributed by atoms with Crippen molar-refractivity contribution in [3.8, 4) is 23.3 Å². The van der Waals surface area contributed by atoms with Crippen LogP contribution in [0.2, 0.25) is 0 Å². The molecule has 0 spiro atoms. The van der Waals surface area contributed by atoms with Crippen LogP contribution in [0, 0.1) is 17.1 Å². The van der Waals surface area contributed by atoms with Crippen molar-refractivity contribution in [3.05, 3.63) is 82.1 Å². The Morgan fingerprint density at radius 1 is 1.06 bits per heavy atom. The summed E-state index contributed by atoms with van der Waals surface area (Å²) in [5.41, 5.74) is 0.869. The Labute approximate surface area is 215 Å². The summed E-state index contributed by atoms with van der Waals surface area (Å²) < 4.78 is 30.2. The molecule has 3 aromatic rings. The van der Waals surface area contributed by atoms with Gasteiger partial charge in [-0.15, -0.1) is 0 Å². The number of methoxy groups -OCH3 is 2. The summed E-state index contributed by atoms with van der Waals surface area (Å²) in [5, 5.41) is 14.6. The predicted molar refractivity (Wildman–Crippen MR) is 136 cm³/mol. The molecule has 0 fully saturated rings. The summed E-state index contributed by atoms with van der Waals surface area (Å²) in [6.07, 6.45) is 1.39. The number of halogens is 2. The first kappa shape index (κ1) is 26.2. The van der Waals surface area contributed by atoms with Gasteiger partial charge in [0, 0.05) is 5.69 Å². The molecule has 0 atom stereocenters. The molecule has 0 saturated heterocycles. The average Bonchev–Trinajstić information content (AvgIpc) is 2.88. The fourth-order valence-corrected chi connectivity index (χ4v) is 3.61. The molecule has 0 bridgehead atoms. The second-order valence-electron chi connectivity index (χ2n) is 7.20. The van der Waals surface area contributed by atoms with Gasteiger partial charge in [-0.05, 0) is 76.1 Å². The maximum Gasteiger partial charge on any atom is 0.266 e. The van der Waals surface area contributed by atoms with Crippen molar-refractivity contribution >= 4 is 45.2 Å². The number of carbonyl (C=O) groups excluding carboxylic acids is 2. The molecule has 0 aliphatic rings. The molecule has 0 heterocycles. The van der Waals surface area contributed by atoms with E-state index in [1.165, 1.54) is 38.5 Å². The zero-order valence-electron chi connectivity index (χ0n) is 19.3. The molecule has 3 aromatic carbocycles. The van der Waals surface area contributed by atoms with E-state index < -0.39 is 24.2 Å². The minimum absolute atomic E-state index is 0.0366. The molecular weight excluding hydrogens is 533 g/mol. The molecule has 2 amide bonds. The van der Waals surface area contributed by atoms with Crippen molar-refractivity contribution in [2.75, 3.05) is 31.5 Å². The number of rotatable bonds is 9. The number of nitrogens with one attached hydrogen (secondary N) is 2. The third-order valence-electron chi connectivity index (χ3n) is 4.77. The average molecular weight is 554 g/mol. The van der Waals surface area contributed by atoms with E-state index in [0.29, 0.717) is 21.5 Å². The van der Waals surface area contributed by atoms with Crippen LogP contribution in [0.4, 0.5) is 15.8 Å². The Kier molecular flexibility index (Phi) is 9.02. The molecule has 184 valence electrons. The standard InChI is InChI=1S/C26H21BrFN3O5/c1-34-19-9-7-18(8-10-19)30-26(33)17(14-29)11-16-12-20(27)25(23(13-16)35-2)36-15-24(32)31-22-6-4-3-5-21(22)28/h3-13H,15H2,1-2H3,(H,30,33)(H,31,32)/b17-11-. The highest BCUT2D eigenvalue weighted by atomic mass is 79.9. The van der Waals surface area contributed by atoms with Crippen LogP contribution in [0.5, 0.6) is 17.2 Å². The third-order valence-corrected chi connectivity index (χ3v) is 5.36. The van der Waals surface area contributed by atoms with E-state index in [9.17, 15) is 19.2 Å². The number of ether oxygens (including phenoxy) is 3. The molecular formula is C26H21BrFN3O5. The van der Waals surface area contributed by atoms with Crippen molar-refractivity contribution in [2.45, 2.75) is 0 Å². The molecule has 8 nitrogen and oxygen atoms in total. The van der Waals surface area contributed by atoms with E-state index in [-0.39, 0.29) is 22.8 Å². The number of nitrogens with zero attached hydrogens (tertiary/aromatic N) is 1. The van der Waals surface area contributed by atoms with Crippen molar-refractivity contribution in [1.29, 1.82) is 5.26 Å². The normalized spacial score (nSPS) is 10.7. The Bertz CT molecular complexity index is 1340. The quantitative estimate of drug-likeness (QED) is 0.279. The largest absolute Gasteiger partial charge is 0.497 e. The third kappa shape index (κ3) is 6.84. The Morgan fingerprint density at radius 2 is 1.78 bits per heavy atom. The van der Waals surface area contributed by atoms with E-state index in [4.69, 9.17) is 14.2 Å². The fourth-order valence-electron chi connectivity index (χ4n) is 3.04. The van der Waals surface area contributed by atoms with Gasteiger partial charge in [0.2, 0.25) is 0 Å². The van der Waals surface area contributed by atoms with Crippen molar-refractivity contribution in [1.82, 2.24) is 0 Å². The molecule has 0 aromatic heterocycles. The van der Waals surface area contributed by atoms with E-state index in [1.54, 1.807) is 42.5 Å². The minimum atomic E-state index is -0.595. The second kappa shape index (κ2) is 12.4. The number of benzene rings is 3. The van der Waals surface area contributed by atoms with Gasteiger partial charge >= 0.3 is 0 Å². The van der Waals surface area contributed by atoms with Gasteiger partial charge in [-0.2, -0.15) is 5.26 Å². The topological polar surface area (TPSA) is 110 Å². The highest BCUT2D eigenvalue weighted by molar-refractivity contribution is 9.10. The summed E-state index contributed by atoms with van der Waals surface area (Å²) in [6, 6.07) is 17.5. The van der Waals surface area contributed by atoms with Crippen LogP contribution < -0.4 is 24.8 Å². The monoisotopic (exact) mass is 553 g/mol. The van der Waals surface area contributed by atoms with Crippen LogP contribution in [0.3, 0.4) is 0 Å². The smallest absolute Gasteiger partial charge is 0.266 e. The van der Waals surface area contributed by atoms with Crippen molar-refractivity contribution in [2.24, 2.45) is 0 Å². The number of anilines is 2. The number of para-hydroxylation sites is 1. The highest BCUT2D eigenvalue weighted by Crippen LogP contribution is 2.37. The molecule has 0 saturated carbocycles. The second-order valence-corrected chi connectivity index (χ2v) is 8.06. The molecule has 0 radical (unpaired) electrons. The first-order chi connectivity index (χ1) is 17.3. The van der Waals surface area contributed by atoms with Gasteiger partial charge < -0.3 is 24.8 Å². The van der Waals surface area contributed by atoms with Gasteiger partial charge in [-0.25, -0.2) is 4.39 Å².